The number of aromatic amines is 1. The van der Waals surface area contributed by atoms with Gasteiger partial charge < -0.3 is 14.9 Å². The molecule has 10 heteroatoms. The summed E-state index contributed by atoms with van der Waals surface area (Å²) < 4.78 is 6.26. The number of hydrogen-bond acceptors (Lipinski definition) is 6. The standard InChI is InChI=1S/C9H11N5O5/c10-13-12-6-7(17)4(3-15)19-8(6)14-2-1-5(16)11-9(14)18/h1-2,4,6-8,15,17H,3H2,(H,11,16,18)/t4-,6+,7+,8+/m1/s1. The third kappa shape index (κ3) is 2.37. The lowest BCUT2D eigenvalue weighted by Gasteiger charge is -2.17. The molecule has 0 amide bonds. The molecule has 0 aliphatic carbocycles. The molecule has 1 aliphatic heterocycles. The zero-order valence-corrected chi connectivity index (χ0v) is 9.58. The van der Waals surface area contributed by atoms with Gasteiger partial charge in [-0.25, -0.2) is 4.79 Å². The number of ether oxygens (including phenoxy) is 1. The maximum Gasteiger partial charge on any atom is 0.330 e. The Morgan fingerprint density at radius 3 is 2.89 bits per heavy atom. The number of H-pyrrole nitrogens is 1. The molecule has 2 heterocycles. The number of azide groups is 1. The van der Waals surface area contributed by atoms with E-state index >= 15 is 0 Å². The fourth-order valence-corrected chi connectivity index (χ4v) is 1.92. The van der Waals surface area contributed by atoms with Gasteiger partial charge >= 0.3 is 5.69 Å². The summed E-state index contributed by atoms with van der Waals surface area (Å²) in [6.45, 7) is -0.493. The lowest BCUT2D eigenvalue weighted by Crippen LogP contribution is -2.36. The van der Waals surface area contributed by atoms with Crippen LogP contribution in [0.2, 0.25) is 0 Å². The van der Waals surface area contributed by atoms with Crippen LogP contribution in [0.1, 0.15) is 6.23 Å². The molecule has 1 fully saturated rings. The van der Waals surface area contributed by atoms with Crippen molar-refractivity contribution in [2.24, 2.45) is 5.11 Å². The van der Waals surface area contributed by atoms with Crippen molar-refractivity contribution in [1.82, 2.24) is 9.55 Å². The maximum absolute atomic E-state index is 11.6. The smallest absolute Gasteiger partial charge is 0.330 e. The van der Waals surface area contributed by atoms with Crippen molar-refractivity contribution >= 4 is 0 Å². The Balaban J connectivity index is 2.44. The molecule has 1 saturated heterocycles. The minimum Gasteiger partial charge on any atom is -0.394 e. The van der Waals surface area contributed by atoms with Crippen LogP contribution < -0.4 is 11.2 Å². The van der Waals surface area contributed by atoms with Gasteiger partial charge in [-0.15, -0.1) is 0 Å². The first-order valence-electron chi connectivity index (χ1n) is 5.38. The third-order valence-corrected chi connectivity index (χ3v) is 2.83. The van der Waals surface area contributed by atoms with Gasteiger partial charge in [0.1, 0.15) is 18.4 Å². The number of nitrogens with zero attached hydrogens (tertiary/aromatic N) is 4. The highest BCUT2D eigenvalue weighted by atomic mass is 16.5. The number of hydrogen-bond donors (Lipinski definition) is 3. The molecule has 1 aromatic heterocycles. The SMILES string of the molecule is [N-]=[N+]=N[C@H]1[C@@H](O)[C@@H](CO)O[C@@H]1n1ccc(=O)[nH]c1=O. The van der Waals surface area contributed by atoms with E-state index in [4.69, 9.17) is 15.4 Å². The van der Waals surface area contributed by atoms with Crippen LogP contribution in [-0.2, 0) is 4.74 Å². The molecule has 0 aromatic carbocycles. The van der Waals surface area contributed by atoms with Crippen LogP contribution in [0, 0.1) is 0 Å². The van der Waals surface area contributed by atoms with Crippen LogP contribution in [0.15, 0.2) is 27.0 Å². The Kier molecular flexibility index (Phi) is 3.67. The molecule has 0 spiro atoms. The van der Waals surface area contributed by atoms with Crippen LogP contribution in [0.3, 0.4) is 0 Å². The number of nitrogens with one attached hydrogen (secondary N) is 1. The summed E-state index contributed by atoms with van der Waals surface area (Å²) in [5, 5.41) is 22.2. The Hall–Kier alpha value is -2.13. The minimum absolute atomic E-state index is 0.493. The van der Waals surface area contributed by atoms with Gasteiger partial charge in [-0.3, -0.25) is 14.3 Å². The second-order valence-corrected chi connectivity index (χ2v) is 3.95. The normalized spacial score (nSPS) is 30.0. The van der Waals surface area contributed by atoms with Crippen molar-refractivity contribution < 1.29 is 14.9 Å². The van der Waals surface area contributed by atoms with Crippen molar-refractivity contribution in [2.45, 2.75) is 24.5 Å². The van der Waals surface area contributed by atoms with Crippen molar-refractivity contribution in [3.8, 4) is 0 Å². The fraction of sp³-hybridized carbons (Fsp3) is 0.556. The number of aliphatic hydroxyl groups is 2. The van der Waals surface area contributed by atoms with E-state index in [0.29, 0.717) is 0 Å². The Morgan fingerprint density at radius 2 is 2.32 bits per heavy atom. The average Bonchev–Trinajstić information content (AvgIpc) is 2.68. The highest BCUT2D eigenvalue weighted by molar-refractivity contribution is 4.96. The summed E-state index contributed by atoms with van der Waals surface area (Å²) >= 11 is 0. The highest BCUT2D eigenvalue weighted by Gasteiger charge is 2.44. The molecule has 1 aromatic rings. The molecule has 0 bridgehead atoms. The molecule has 10 nitrogen and oxygen atoms in total. The molecule has 3 N–H and O–H groups in total. The molecule has 19 heavy (non-hydrogen) atoms. The molecule has 4 atom stereocenters. The predicted molar refractivity (Wildman–Crippen MR) is 61.3 cm³/mol. The number of rotatable bonds is 3. The zero-order valence-electron chi connectivity index (χ0n) is 9.58. The lowest BCUT2D eigenvalue weighted by atomic mass is 10.1. The summed E-state index contributed by atoms with van der Waals surface area (Å²) in [5.74, 6) is 0. The minimum atomic E-state index is -1.25. The van der Waals surface area contributed by atoms with Gasteiger partial charge in [0.15, 0.2) is 0 Å². The monoisotopic (exact) mass is 269 g/mol. The zero-order chi connectivity index (χ0) is 14.0. The van der Waals surface area contributed by atoms with E-state index in [0.717, 1.165) is 16.8 Å². The highest BCUT2D eigenvalue weighted by Crippen LogP contribution is 2.30. The summed E-state index contributed by atoms with van der Waals surface area (Å²) in [6.07, 6.45) is -2.14. The maximum atomic E-state index is 11.6. The average molecular weight is 269 g/mol. The topological polar surface area (TPSA) is 153 Å². The molecule has 0 unspecified atom stereocenters. The van der Waals surface area contributed by atoms with Gasteiger partial charge in [0.25, 0.3) is 5.56 Å². The lowest BCUT2D eigenvalue weighted by molar-refractivity contribution is -0.0464. The van der Waals surface area contributed by atoms with Gasteiger partial charge in [0, 0.05) is 17.2 Å². The first-order chi connectivity index (χ1) is 9.08. The van der Waals surface area contributed by atoms with Crippen LogP contribution in [0.5, 0.6) is 0 Å². The number of aliphatic hydroxyl groups excluding tert-OH is 2. The van der Waals surface area contributed by atoms with Crippen LogP contribution in [0.4, 0.5) is 0 Å². The summed E-state index contributed by atoms with van der Waals surface area (Å²) in [5.41, 5.74) is 7.12. The van der Waals surface area contributed by atoms with E-state index in [1.165, 1.54) is 0 Å². The van der Waals surface area contributed by atoms with Gasteiger partial charge in [0.2, 0.25) is 0 Å². The van der Waals surface area contributed by atoms with E-state index in [2.05, 4.69) is 10.0 Å². The van der Waals surface area contributed by atoms with Gasteiger partial charge in [-0.1, -0.05) is 5.11 Å². The van der Waals surface area contributed by atoms with Crippen molar-refractivity contribution in [3.05, 3.63) is 43.5 Å². The second-order valence-electron chi connectivity index (χ2n) is 3.95. The Bertz CT molecular complexity index is 618. The third-order valence-electron chi connectivity index (χ3n) is 2.83. The largest absolute Gasteiger partial charge is 0.394 e. The first kappa shape index (κ1) is 13.3. The Labute approximate surface area is 105 Å². The summed E-state index contributed by atoms with van der Waals surface area (Å²) in [6, 6.07) is 0.0158. The van der Waals surface area contributed by atoms with Gasteiger partial charge in [-0.2, -0.15) is 0 Å². The molecule has 0 radical (unpaired) electrons. The number of aromatic nitrogens is 2. The van der Waals surface area contributed by atoms with Crippen LogP contribution in [-0.4, -0.2) is 44.6 Å². The molecule has 1 aliphatic rings. The van der Waals surface area contributed by atoms with E-state index in [1.807, 2.05) is 4.98 Å². The predicted octanol–water partition coefficient (Wildman–Crippen LogP) is -1.53. The van der Waals surface area contributed by atoms with Crippen LogP contribution in [0.25, 0.3) is 10.4 Å². The van der Waals surface area contributed by atoms with Crippen molar-refractivity contribution in [2.75, 3.05) is 6.61 Å². The Morgan fingerprint density at radius 1 is 1.58 bits per heavy atom. The molecular formula is C9H11N5O5. The van der Waals surface area contributed by atoms with Gasteiger partial charge in [-0.05, 0) is 5.53 Å². The molecular weight excluding hydrogens is 258 g/mol. The van der Waals surface area contributed by atoms with E-state index in [-0.39, 0.29) is 0 Å². The molecule has 2 rings (SSSR count). The second kappa shape index (κ2) is 5.24. The fourth-order valence-electron chi connectivity index (χ4n) is 1.92. The van der Waals surface area contributed by atoms with Crippen molar-refractivity contribution in [1.29, 1.82) is 0 Å². The summed E-state index contributed by atoms with van der Waals surface area (Å²) in [4.78, 5) is 27.2. The van der Waals surface area contributed by atoms with Crippen LogP contribution >= 0.6 is 0 Å². The van der Waals surface area contributed by atoms with Crippen molar-refractivity contribution in [3.63, 3.8) is 0 Å². The summed E-state index contributed by atoms with van der Waals surface area (Å²) in [7, 11) is 0. The van der Waals surface area contributed by atoms with Gasteiger partial charge in [0.05, 0.1) is 12.7 Å². The van der Waals surface area contributed by atoms with E-state index < -0.39 is 42.3 Å². The quantitative estimate of drug-likeness (QED) is 0.345. The first-order valence-corrected chi connectivity index (χ1v) is 5.38. The van der Waals surface area contributed by atoms with E-state index in [9.17, 15) is 14.7 Å². The molecule has 0 saturated carbocycles. The van der Waals surface area contributed by atoms with E-state index in [1.54, 1.807) is 0 Å². The molecule has 102 valence electrons.